The Hall–Kier alpha value is -3.16. The Morgan fingerprint density at radius 3 is 2.73 bits per heavy atom. The summed E-state index contributed by atoms with van der Waals surface area (Å²) in [5.41, 5.74) is 2.45. The molecule has 2 rings (SSSR count). The van der Waals surface area contributed by atoms with Gasteiger partial charge >= 0.3 is 0 Å². The standard InChI is InChI=1S/C15H10N6S/c1-10-5-12(18-2)3-4-14(10)20-21-15-19-9-13(22-15)6-11(7-16)8-17/h3-6,9H,2H2,1H3/b21-20+. The Labute approximate surface area is 131 Å². The average molecular weight is 306 g/mol. The van der Waals surface area contributed by atoms with E-state index in [1.165, 1.54) is 17.4 Å². The highest BCUT2D eigenvalue weighted by atomic mass is 32.1. The molecule has 0 fully saturated rings. The number of hydrogen-bond acceptors (Lipinski definition) is 7. The minimum Gasteiger partial charge on any atom is -0.265 e. The Morgan fingerprint density at radius 2 is 2.09 bits per heavy atom. The zero-order valence-corrected chi connectivity index (χ0v) is 12.5. The van der Waals surface area contributed by atoms with Crippen molar-refractivity contribution < 1.29 is 0 Å². The highest BCUT2D eigenvalue weighted by Crippen LogP contribution is 2.28. The van der Waals surface area contributed by atoms with Crippen LogP contribution < -0.4 is 0 Å². The van der Waals surface area contributed by atoms with Crippen LogP contribution in [-0.2, 0) is 0 Å². The number of azo groups is 1. The Bertz CT molecular complexity index is 832. The fraction of sp³-hybridized carbons (Fsp3) is 0.0667. The second kappa shape index (κ2) is 7.02. The number of benzene rings is 1. The molecule has 0 N–H and O–H groups in total. The summed E-state index contributed by atoms with van der Waals surface area (Å²) in [6, 6.07) is 9.07. The topological polar surface area (TPSA) is 97.5 Å². The van der Waals surface area contributed by atoms with Gasteiger partial charge in [-0.3, -0.25) is 4.99 Å². The van der Waals surface area contributed by atoms with Crippen LogP contribution in [-0.4, -0.2) is 11.7 Å². The molecule has 22 heavy (non-hydrogen) atoms. The number of aromatic nitrogens is 1. The zero-order chi connectivity index (χ0) is 15.9. The molecule has 0 bridgehead atoms. The van der Waals surface area contributed by atoms with Crippen molar-refractivity contribution in [3.05, 3.63) is 40.4 Å². The third-order valence-electron chi connectivity index (χ3n) is 2.65. The molecule has 6 nitrogen and oxygen atoms in total. The normalized spacial score (nSPS) is 9.95. The van der Waals surface area contributed by atoms with E-state index in [0.717, 1.165) is 16.9 Å². The smallest absolute Gasteiger partial charge is 0.230 e. The molecular weight excluding hydrogens is 296 g/mol. The minimum atomic E-state index is 0.0236. The summed E-state index contributed by atoms with van der Waals surface area (Å²) in [6.07, 6.45) is 3.01. The number of hydrogen-bond donors (Lipinski definition) is 0. The molecule has 0 spiro atoms. The molecule has 106 valence electrons. The first-order valence-electron chi connectivity index (χ1n) is 6.13. The van der Waals surface area contributed by atoms with Gasteiger partial charge in [-0.1, -0.05) is 11.3 Å². The first-order chi connectivity index (χ1) is 10.7. The van der Waals surface area contributed by atoms with Crippen molar-refractivity contribution in [2.75, 3.05) is 0 Å². The summed E-state index contributed by atoms with van der Waals surface area (Å²) in [5.74, 6) is 0. The van der Waals surface area contributed by atoms with Crippen LogP contribution in [0.2, 0.25) is 0 Å². The van der Waals surface area contributed by atoms with E-state index >= 15 is 0 Å². The maximum Gasteiger partial charge on any atom is 0.230 e. The van der Waals surface area contributed by atoms with Gasteiger partial charge in [0.25, 0.3) is 0 Å². The Morgan fingerprint density at radius 1 is 1.32 bits per heavy atom. The van der Waals surface area contributed by atoms with E-state index in [9.17, 15) is 0 Å². The van der Waals surface area contributed by atoms with E-state index in [-0.39, 0.29) is 5.57 Å². The third kappa shape index (κ3) is 3.69. The highest BCUT2D eigenvalue weighted by Gasteiger charge is 2.02. The largest absolute Gasteiger partial charge is 0.265 e. The predicted molar refractivity (Wildman–Crippen MR) is 85.9 cm³/mol. The molecule has 0 unspecified atom stereocenters. The molecule has 0 saturated carbocycles. The zero-order valence-electron chi connectivity index (χ0n) is 11.7. The monoisotopic (exact) mass is 306 g/mol. The lowest BCUT2D eigenvalue weighted by Gasteiger charge is -1.99. The summed E-state index contributed by atoms with van der Waals surface area (Å²) >= 11 is 1.25. The first kappa shape index (κ1) is 15.2. The van der Waals surface area contributed by atoms with Crippen LogP contribution in [0.5, 0.6) is 0 Å². The van der Waals surface area contributed by atoms with Crippen molar-refractivity contribution in [1.29, 1.82) is 10.5 Å². The lowest BCUT2D eigenvalue weighted by molar-refractivity contribution is 1.18. The fourth-order valence-corrected chi connectivity index (χ4v) is 2.25. The lowest BCUT2D eigenvalue weighted by atomic mass is 10.2. The second-order valence-corrected chi connectivity index (χ2v) is 5.20. The quantitative estimate of drug-likeness (QED) is 0.467. The summed E-state index contributed by atoms with van der Waals surface area (Å²) in [4.78, 5) is 8.60. The molecule has 0 atom stereocenters. The van der Waals surface area contributed by atoms with Gasteiger partial charge in [-0.15, -0.1) is 10.2 Å². The van der Waals surface area contributed by atoms with Crippen molar-refractivity contribution in [3.63, 3.8) is 0 Å². The minimum absolute atomic E-state index is 0.0236. The van der Waals surface area contributed by atoms with E-state index < -0.39 is 0 Å². The number of aryl methyl sites for hydroxylation is 1. The van der Waals surface area contributed by atoms with Crippen LogP contribution in [0, 0.1) is 29.6 Å². The Balaban J connectivity index is 2.20. The van der Waals surface area contributed by atoms with Crippen molar-refractivity contribution in [2.45, 2.75) is 6.92 Å². The summed E-state index contributed by atoms with van der Waals surface area (Å²) in [7, 11) is 0. The third-order valence-corrected chi connectivity index (χ3v) is 3.47. The molecule has 0 aliphatic rings. The molecular formula is C15H10N6S. The maximum atomic E-state index is 8.71. The molecule has 0 saturated heterocycles. The van der Waals surface area contributed by atoms with Gasteiger partial charge in [-0.2, -0.15) is 10.5 Å². The van der Waals surface area contributed by atoms with E-state index in [2.05, 4.69) is 26.9 Å². The lowest BCUT2D eigenvalue weighted by Crippen LogP contribution is -1.73. The van der Waals surface area contributed by atoms with Gasteiger partial charge in [0.15, 0.2) is 0 Å². The maximum absolute atomic E-state index is 8.71. The summed E-state index contributed by atoms with van der Waals surface area (Å²) in [6.45, 7) is 5.38. The Kier molecular flexibility index (Phi) is 4.86. The van der Waals surface area contributed by atoms with Crippen LogP contribution in [0.3, 0.4) is 0 Å². The number of nitrogens with zero attached hydrogens (tertiary/aromatic N) is 6. The van der Waals surface area contributed by atoms with Gasteiger partial charge in [-0.05, 0) is 43.5 Å². The van der Waals surface area contributed by atoms with Gasteiger partial charge in [0.05, 0.1) is 16.3 Å². The van der Waals surface area contributed by atoms with Gasteiger partial charge in [-0.25, -0.2) is 4.98 Å². The predicted octanol–water partition coefficient (Wildman–Crippen LogP) is 4.63. The second-order valence-electron chi connectivity index (χ2n) is 4.16. The summed E-state index contributed by atoms with van der Waals surface area (Å²) in [5, 5.41) is 26.1. The van der Waals surface area contributed by atoms with E-state index in [4.69, 9.17) is 10.5 Å². The van der Waals surface area contributed by atoms with Crippen molar-refractivity contribution in [2.24, 2.45) is 15.2 Å². The molecule has 0 amide bonds. The molecule has 0 aliphatic heterocycles. The molecule has 0 radical (unpaired) electrons. The number of nitriles is 2. The molecule has 0 aliphatic carbocycles. The fourth-order valence-electron chi connectivity index (χ4n) is 1.57. The van der Waals surface area contributed by atoms with Crippen LogP contribution in [0.1, 0.15) is 10.4 Å². The van der Waals surface area contributed by atoms with Crippen LogP contribution in [0.25, 0.3) is 6.08 Å². The highest BCUT2D eigenvalue weighted by molar-refractivity contribution is 7.16. The van der Waals surface area contributed by atoms with Crippen molar-refractivity contribution >= 4 is 40.6 Å². The SMILES string of the molecule is C=Nc1ccc(/N=N/c2ncc(C=C(C#N)C#N)s2)c(C)c1. The van der Waals surface area contributed by atoms with Crippen LogP contribution in [0.4, 0.5) is 16.5 Å². The molecule has 1 heterocycles. The van der Waals surface area contributed by atoms with E-state index in [0.29, 0.717) is 10.0 Å². The van der Waals surface area contributed by atoms with Gasteiger partial charge in [0.1, 0.15) is 17.7 Å². The van der Waals surface area contributed by atoms with Gasteiger partial charge in [0.2, 0.25) is 5.13 Å². The molecule has 7 heteroatoms. The van der Waals surface area contributed by atoms with Crippen LogP contribution in [0.15, 0.2) is 45.2 Å². The first-order valence-corrected chi connectivity index (χ1v) is 6.94. The molecule has 1 aromatic heterocycles. The van der Waals surface area contributed by atoms with Crippen molar-refractivity contribution in [3.8, 4) is 12.1 Å². The number of aliphatic imine (C=N–C) groups is 1. The van der Waals surface area contributed by atoms with Gasteiger partial charge < -0.3 is 0 Å². The van der Waals surface area contributed by atoms with E-state index in [1.54, 1.807) is 30.5 Å². The summed E-state index contributed by atoms with van der Waals surface area (Å²) < 4.78 is 0. The van der Waals surface area contributed by atoms with E-state index in [1.807, 2.05) is 13.0 Å². The number of thiazole rings is 1. The average Bonchev–Trinajstić information content (AvgIpc) is 2.98. The number of allylic oxidation sites excluding steroid dienone is 1. The number of rotatable bonds is 4. The van der Waals surface area contributed by atoms with Crippen molar-refractivity contribution in [1.82, 2.24) is 4.98 Å². The molecule has 1 aromatic carbocycles. The molecule has 2 aromatic rings. The van der Waals surface area contributed by atoms with Crippen LogP contribution >= 0.6 is 11.3 Å². The van der Waals surface area contributed by atoms with Gasteiger partial charge in [0, 0.05) is 6.20 Å².